The minimum atomic E-state index is -0.180. The van der Waals surface area contributed by atoms with Gasteiger partial charge in [-0.1, -0.05) is 12.1 Å². The fraction of sp³-hybridized carbons (Fsp3) is 0.667. The van der Waals surface area contributed by atoms with Crippen LogP contribution in [0.2, 0.25) is 0 Å². The highest BCUT2D eigenvalue weighted by Crippen LogP contribution is 2.26. The van der Waals surface area contributed by atoms with Crippen molar-refractivity contribution in [1.82, 2.24) is 9.80 Å². The van der Waals surface area contributed by atoms with Crippen LogP contribution in [0.3, 0.4) is 0 Å². The molecule has 0 spiro atoms. The number of aryl methyl sites for hydroxylation is 1. The van der Waals surface area contributed by atoms with Crippen LogP contribution in [0.1, 0.15) is 51.5 Å². The molecular formula is C24H36N2O4. The van der Waals surface area contributed by atoms with Gasteiger partial charge in [0.2, 0.25) is 5.91 Å². The first-order valence-corrected chi connectivity index (χ1v) is 11.4. The standard InChI is InChI=1S/C24H36N2O4/c1-3-30-24(29)21-5-4-14-26(17-21)23(28)18(2)25-15-12-20(13-16-25)7-6-19-8-10-22(27)11-9-19/h8-11,18,20-21,27H,3-7,12-17H2,1-2H3. The van der Waals surface area contributed by atoms with E-state index in [9.17, 15) is 14.7 Å². The summed E-state index contributed by atoms with van der Waals surface area (Å²) < 4.78 is 5.16. The molecule has 2 fully saturated rings. The number of benzene rings is 1. The molecule has 6 nitrogen and oxygen atoms in total. The van der Waals surface area contributed by atoms with Crippen molar-refractivity contribution in [2.24, 2.45) is 11.8 Å². The third-order valence-electron chi connectivity index (χ3n) is 6.68. The first-order valence-electron chi connectivity index (χ1n) is 11.4. The summed E-state index contributed by atoms with van der Waals surface area (Å²) >= 11 is 0. The molecule has 1 aromatic rings. The van der Waals surface area contributed by atoms with E-state index in [1.165, 1.54) is 5.56 Å². The molecule has 1 aromatic carbocycles. The zero-order valence-electron chi connectivity index (χ0n) is 18.4. The third-order valence-corrected chi connectivity index (χ3v) is 6.68. The highest BCUT2D eigenvalue weighted by molar-refractivity contribution is 5.82. The van der Waals surface area contributed by atoms with Crippen LogP contribution in [0.25, 0.3) is 0 Å². The second-order valence-corrected chi connectivity index (χ2v) is 8.74. The quantitative estimate of drug-likeness (QED) is 0.691. The van der Waals surface area contributed by atoms with Crippen LogP contribution in [0, 0.1) is 11.8 Å². The van der Waals surface area contributed by atoms with Crippen LogP contribution in [0.5, 0.6) is 5.75 Å². The minimum Gasteiger partial charge on any atom is -0.508 e. The number of rotatable bonds is 7. The first kappa shape index (κ1) is 22.6. The number of carbonyl (C=O) groups excluding carboxylic acids is 2. The average Bonchev–Trinajstić information content (AvgIpc) is 2.78. The number of phenols is 1. The number of esters is 1. The molecule has 3 rings (SSSR count). The predicted molar refractivity (Wildman–Crippen MR) is 116 cm³/mol. The van der Waals surface area contributed by atoms with Gasteiger partial charge < -0.3 is 14.7 Å². The molecule has 1 amide bonds. The highest BCUT2D eigenvalue weighted by Gasteiger charge is 2.34. The van der Waals surface area contributed by atoms with Crippen LogP contribution in [-0.2, 0) is 20.7 Å². The lowest BCUT2D eigenvalue weighted by Gasteiger charge is -2.39. The van der Waals surface area contributed by atoms with E-state index in [1.54, 1.807) is 12.1 Å². The van der Waals surface area contributed by atoms with E-state index in [1.807, 2.05) is 30.9 Å². The van der Waals surface area contributed by atoms with Crippen molar-refractivity contribution in [2.45, 2.75) is 58.4 Å². The van der Waals surface area contributed by atoms with Gasteiger partial charge in [-0.3, -0.25) is 14.5 Å². The normalized spacial score (nSPS) is 21.9. The molecule has 0 radical (unpaired) electrons. The van der Waals surface area contributed by atoms with E-state index in [0.29, 0.717) is 24.8 Å². The topological polar surface area (TPSA) is 70.1 Å². The van der Waals surface area contributed by atoms with Crippen LogP contribution in [0.15, 0.2) is 24.3 Å². The van der Waals surface area contributed by atoms with E-state index < -0.39 is 0 Å². The molecule has 30 heavy (non-hydrogen) atoms. The SMILES string of the molecule is CCOC(=O)C1CCCN(C(=O)C(C)N2CCC(CCc3ccc(O)cc3)CC2)C1. The Balaban J connectivity index is 1.43. The van der Waals surface area contributed by atoms with Gasteiger partial charge in [0, 0.05) is 13.1 Å². The molecule has 6 heteroatoms. The third kappa shape index (κ3) is 5.97. The fourth-order valence-corrected chi connectivity index (χ4v) is 4.71. The zero-order valence-corrected chi connectivity index (χ0v) is 18.4. The van der Waals surface area contributed by atoms with Crippen molar-refractivity contribution >= 4 is 11.9 Å². The number of aromatic hydroxyl groups is 1. The molecule has 1 N–H and O–H groups in total. The highest BCUT2D eigenvalue weighted by atomic mass is 16.5. The molecule has 0 aliphatic carbocycles. The van der Waals surface area contributed by atoms with Crippen LogP contribution in [-0.4, -0.2) is 65.6 Å². The molecular weight excluding hydrogens is 380 g/mol. The van der Waals surface area contributed by atoms with E-state index in [2.05, 4.69) is 4.90 Å². The number of hydrogen-bond donors (Lipinski definition) is 1. The maximum absolute atomic E-state index is 13.1. The summed E-state index contributed by atoms with van der Waals surface area (Å²) in [5, 5.41) is 9.40. The van der Waals surface area contributed by atoms with Gasteiger partial charge >= 0.3 is 5.97 Å². The van der Waals surface area contributed by atoms with Crippen molar-refractivity contribution in [3.8, 4) is 5.75 Å². The Morgan fingerprint density at radius 1 is 1.13 bits per heavy atom. The number of amides is 1. The smallest absolute Gasteiger partial charge is 0.310 e. The van der Waals surface area contributed by atoms with Gasteiger partial charge in [-0.25, -0.2) is 0 Å². The Labute approximate surface area is 180 Å². The van der Waals surface area contributed by atoms with Gasteiger partial charge in [0.05, 0.1) is 18.6 Å². The Bertz CT molecular complexity index is 698. The van der Waals surface area contributed by atoms with Crippen molar-refractivity contribution in [3.05, 3.63) is 29.8 Å². The summed E-state index contributed by atoms with van der Waals surface area (Å²) in [7, 11) is 0. The largest absolute Gasteiger partial charge is 0.508 e. The number of ether oxygens (including phenoxy) is 1. The monoisotopic (exact) mass is 416 g/mol. The van der Waals surface area contributed by atoms with Gasteiger partial charge in [-0.05, 0) is 89.1 Å². The van der Waals surface area contributed by atoms with E-state index in [0.717, 1.165) is 58.2 Å². The number of piperidine rings is 2. The van der Waals surface area contributed by atoms with Crippen molar-refractivity contribution in [1.29, 1.82) is 0 Å². The lowest BCUT2D eigenvalue weighted by atomic mass is 9.90. The van der Waals surface area contributed by atoms with Crippen molar-refractivity contribution in [3.63, 3.8) is 0 Å². The number of likely N-dealkylation sites (tertiary alicyclic amines) is 2. The average molecular weight is 417 g/mol. The molecule has 2 atom stereocenters. The Kier molecular flexibility index (Phi) is 8.14. The van der Waals surface area contributed by atoms with Crippen molar-refractivity contribution < 1.29 is 19.4 Å². The lowest BCUT2D eigenvalue weighted by Crippen LogP contribution is -2.52. The molecule has 2 saturated heterocycles. The molecule has 2 aliphatic heterocycles. The van der Waals surface area contributed by atoms with E-state index in [-0.39, 0.29) is 23.8 Å². The molecule has 2 unspecified atom stereocenters. The Morgan fingerprint density at radius 2 is 1.83 bits per heavy atom. The summed E-state index contributed by atoms with van der Waals surface area (Å²) in [6.45, 7) is 7.34. The predicted octanol–water partition coefficient (Wildman–Crippen LogP) is 3.23. The van der Waals surface area contributed by atoms with Crippen molar-refractivity contribution in [2.75, 3.05) is 32.8 Å². The van der Waals surface area contributed by atoms with Gasteiger partial charge in [-0.2, -0.15) is 0 Å². The molecule has 166 valence electrons. The summed E-state index contributed by atoms with van der Waals surface area (Å²) in [5.74, 6) is 0.789. The summed E-state index contributed by atoms with van der Waals surface area (Å²) in [5.41, 5.74) is 1.26. The van der Waals surface area contributed by atoms with Crippen LogP contribution >= 0.6 is 0 Å². The van der Waals surface area contributed by atoms with E-state index in [4.69, 9.17) is 4.74 Å². The fourth-order valence-electron chi connectivity index (χ4n) is 4.71. The molecule has 2 heterocycles. The van der Waals surface area contributed by atoms with Crippen LogP contribution in [0.4, 0.5) is 0 Å². The zero-order chi connectivity index (χ0) is 21.5. The van der Waals surface area contributed by atoms with Gasteiger partial charge in [-0.15, -0.1) is 0 Å². The minimum absolute atomic E-state index is 0.135. The Morgan fingerprint density at radius 3 is 2.50 bits per heavy atom. The van der Waals surface area contributed by atoms with Crippen LogP contribution < -0.4 is 0 Å². The van der Waals surface area contributed by atoms with Gasteiger partial charge in [0.1, 0.15) is 5.75 Å². The summed E-state index contributed by atoms with van der Waals surface area (Å²) in [6.07, 6.45) is 6.07. The molecule has 0 aromatic heterocycles. The lowest BCUT2D eigenvalue weighted by molar-refractivity contribution is -0.152. The number of carbonyl (C=O) groups is 2. The molecule has 2 aliphatic rings. The summed E-state index contributed by atoms with van der Waals surface area (Å²) in [6, 6.07) is 7.35. The second-order valence-electron chi connectivity index (χ2n) is 8.74. The molecule has 0 bridgehead atoms. The second kappa shape index (κ2) is 10.8. The number of phenolic OH excluding ortho intramolecular Hbond substituents is 1. The first-order chi connectivity index (χ1) is 14.5. The Hall–Kier alpha value is -2.08. The van der Waals surface area contributed by atoms with E-state index >= 15 is 0 Å². The summed E-state index contributed by atoms with van der Waals surface area (Å²) in [4.78, 5) is 29.3. The van der Waals surface area contributed by atoms with Gasteiger partial charge in [0.15, 0.2) is 0 Å². The van der Waals surface area contributed by atoms with Gasteiger partial charge in [0.25, 0.3) is 0 Å². The maximum Gasteiger partial charge on any atom is 0.310 e. The maximum atomic E-state index is 13.1. The number of hydrogen-bond acceptors (Lipinski definition) is 5. The molecule has 0 saturated carbocycles. The number of nitrogens with zero attached hydrogens (tertiary/aromatic N) is 2.